The highest BCUT2D eigenvalue weighted by Crippen LogP contribution is 2.26. The van der Waals surface area contributed by atoms with Crippen LogP contribution in [0.1, 0.15) is 24.4 Å². The number of nitrogens with one attached hydrogen (secondary N) is 2. The smallest absolute Gasteiger partial charge is 0.247 e. The third-order valence-electron chi connectivity index (χ3n) is 3.67. The van der Waals surface area contributed by atoms with E-state index in [0.29, 0.717) is 24.9 Å². The number of amides is 4. The molecule has 1 fully saturated rings. The molecule has 1 heterocycles. The minimum absolute atomic E-state index is 0.0859. The lowest BCUT2D eigenvalue weighted by molar-refractivity contribution is -0.138. The molecule has 8 heteroatoms. The first-order valence-corrected chi connectivity index (χ1v) is 7.66. The van der Waals surface area contributed by atoms with Crippen LogP contribution in [0.2, 0.25) is 0 Å². The minimum Gasteiger partial charge on any atom is -0.368 e. The quantitative estimate of drug-likeness (QED) is 0.597. The van der Waals surface area contributed by atoms with Gasteiger partial charge in [0, 0.05) is 13.0 Å². The Balaban J connectivity index is 2.04. The number of nitrogens with two attached hydrogens (primary N) is 1. The number of carbonyl (C=O) groups excluding carboxylic acids is 4. The van der Waals surface area contributed by atoms with E-state index in [1.165, 1.54) is 4.90 Å². The molecule has 0 saturated carbocycles. The van der Waals surface area contributed by atoms with Crippen molar-refractivity contribution >= 4 is 23.6 Å². The van der Waals surface area contributed by atoms with Crippen molar-refractivity contribution < 1.29 is 19.2 Å². The zero-order valence-electron chi connectivity index (χ0n) is 13.2. The van der Waals surface area contributed by atoms with Crippen molar-refractivity contribution in [2.45, 2.75) is 18.9 Å². The molecule has 128 valence electrons. The Morgan fingerprint density at radius 3 is 2.42 bits per heavy atom. The van der Waals surface area contributed by atoms with E-state index < -0.39 is 23.8 Å². The number of hydrogen-bond acceptors (Lipinski definition) is 4. The standard InChI is InChI=1S/C16H20N4O4/c17-12(21)9-18-13(22)10-19-16(24)15(11-5-2-1-3-6-11)20-8-4-7-14(20)23/h1-3,5-6,15H,4,7-10H2,(H2,17,21)(H,18,22)(H,19,24). The second-order valence-corrected chi connectivity index (χ2v) is 5.46. The molecule has 2 rings (SSSR count). The second kappa shape index (κ2) is 8.09. The molecule has 1 saturated heterocycles. The molecule has 0 aliphatic carbocycles. The zero-order valence-corrected chi connectivity index (χ0v) is 13.2. The van der Waals surface area contributed by atoms with Crippen molar-refractivity contribution in [3.8, 4) is 0 Å². The fraction of sp³-hybridized carbons (Fsp3) is 0.375. The van der Waals surface area contributed by atoms with Gasteiger partial charge in [0.25, 0.3) is 0 Å². The number of rotatable bonds is 7. The molecular weight excluding hydrogens is 312 g/mol. The average Bonchev–Trinajstić information content (AvgIpc) is 2.98. The summed E-state index contributed by atoms with van der Waals surface area (Å²) in [6, 6.07) is 8.16. The van der Waals surface area contributed by atoms with Crippen LogP contribution in [0.3, 0.4) is 0 Å². The summed E-state index contributed by atoms with van der Waals surface area (Å²) in [5.41, 5.74) is 5.62. The molecule has 0 aromatic heterocycles. The van der Waals surface area contributed by atoms with E-state index in [2.05, 4.69) is 10.6 Å². The van der Waals surface area contributed by atoms with Gasteiger partial charge >= 0.3 is 0 Å². The van der Waals surface area contributed by atoms with E-state index in [1.807, 2.05) is 6.07 Å². The average molecular weight is 332 g/mol. The number of nitrogens with zero attached hydrogens (tertiary/aromatic N) is 1. The van der Waals surface area contributed by atoms with Crippen molar-refractivity contribution in [2.75, 3.05) is 19.6 Å². The Hall–Kier alpha value is -2.90. The van der Waals surface area contributed by atoms with Crippen LogP contribution < -0.4 is 16.4 Å². The molecule has 0 spiro atoms. The van der Waals surface area contributed by atoms with Gasteiger partial charge < -0.3 is 21.3 Å². The SMILES string of the molecule is NC(=O)CNC(=O)CNC(=O)C(c1ccccc1)N1CCCC1=O. The van der Waals surface area contributed by atoms with E-state index >= 15 is 0 Å². The summed E-state index contributed by atoms with van der Waals surface area (Å²) in [7, 11) is 0. The largest absolute Gasteiger partial charge is 0.368 e. The van der Waals surface area contributed by atoms with Gasteiger partial charge in [0.05, 0.1) is 13.1 Å². The number of benzene rings is 1. The van der Waals surface area contributed by atoms with E-state index in [-0.39, 0.29) is 19.0 Å². The maximum absolute atomic E-state index is 12.5. The van der Waals surface area contributed by atoms with Crippen molar-refractivity contribution in [1.29, 1.82) is 0 Å². The van der Waals surface area contributed by atoms with Gasteiger partial charge in [-0.1, -0.05) is 30.3 Å². The summed E-state index contributed by atoms with van der Waals surface area (Å²) in [5.74, 6) is -1.72. The lowest BCUT2D eigenvalue weighted by Gasteiger charge is -2.27. The molecule has 1 aliphatic rings. The molecule has 0 bridgehead atoms. The molecule has 1 atom stereocenters. The van der Waals surface area contributed by atoms with E-state index in [9.17, 15) is 19.2 Å². The van der Waals surface area contributed by atoms with E-state index in [1.54, 1.807) is 24.3 Å². The van der Waals surface area contributed by atoms with Crippen LogP contribution in [0.15, 0.2) is 30.3 Å². The van der Waals surface area contributed by atoms with Gasteiger partial charge in [0.15, 0.2) is 0 Å². The number of primary amides is 1. The van der Waals surface area contributed by atoms with Gasteiger partial charge in [-0.3, -0.25) is 19.2 Å². The Kier molecular flexibility index (Phi) is 5.89. The first-order chi connectivity index (χ1) is 11.5. The number of carbonyl (C=O) groups is 4. The predicted molar refractivity (Wildman–Crippen MR) is 85.3 cm³/mol. The lowest BCUT2D eigenvalue weighted by atomic mass is 10.0. The second-order valence-electron chi connectivity index (χ2n) is 5.46. The van der Waals surface area contributed by atoms with Gasteiger partial charge in [-0.25, -0.2) is 0 Å². The Labute approximate surface area is 139 Å². The summed E-state index contributed by atoms with van der Waals surface area (Å²) < 4.78 is 0. The summed E-state index contributed by atoms with van der Waals surface area (Å²) in [4.78, 5) is 48.3. The first kappa shape index (κ1) is 17.5. The fourth-order valence-corrected chi connectivity index (χ4v) is 2.56. The number of likely N-dealkylation sites (tertiary alicyclic amines) is 1. The lowest BCUT2D eigenvalue weighted by Crippen LogP contribution is -2.45. The van der Waals surface area contributed by atoms with Gasteiger partial charge in [0.1, 0.15) is 6.04 Å². The van der Waals surface area contributed by atoms with Crippen LogP contribution in [0.4, 0.5) is 0 Å². The van der Waals surface area contributed by atoms with Gasteiger partial charge in [-0.2, -0.15) is 0 Å². The predicted octanol–water partition coefficient (Wildman–Crippen LogP) is -0.932. The highest BCUT2D eigenvalue weighted by molar-refractivity contribution is 5.92. The third-order valence-corrected chi connectivity index (χ3v) is 3.67. The van der Waals surface area contributed by atoms with Crippen LogP contribution in [0.5, 0.6) is 0 Å². The fourth-order valence-electron chi connectivity index (χ4n) is 2.56. The van der Waals surface area contributed by atoms with Crippen molar-refractivity contribution in [3.63, 3.8) is 0 Å². The van der Waals surface area contributed by atoms with Crippen molar-refractivity contribution in [2.24, 2.45) is 5.73 Å². The Morgan fingerprint density at radius 1 is 1.12 bits per heavy atom. The van der Waals surface area contributed by atoms with Gasteiger partial charge in [0.2, 0.25) is 23.6 Å². The van der Waals surface area contributed by atoms with Crippen LogP contribution in [0, 0.1) is 0 Å². The molecule has 24 heavy (non-hydrogen) atoms. The highest BCUT2D eigenvalue weighted by atomic mass is 16.2. The first-order valence-electron chi connectivity index (χ1n) is 7.66. The summed E-state index contributed by atoms with van der Waals surface area (Å²) in [6.45, 7) is -0.0847. The normalized spacial score (nSPS) is 15.0. The molecule has 0 radical (unpaired) electrons. The summed E-state index contributed by atoms with van der Waals surface area (Å²) in [5, 5.41) is 4.79. The van der Waals surface area contributed by atoms with E-state index in [0.717, 1.165) is 0 Å². The number of hydrogen-bond donors (Lipinski definition) is 3. The van der Waals surface area contributed by atoms with Crippen LogP contribution >= 0.6 is 0 Å². The summed E-state index contributed by atoms with van der Waals surface area (Å²) >= 11 is 0. The molecule has 8 nitrogen and oxygen atoms in total. The maximum Gasteiger partial charge on any atom is 0.247 e. The van der Waals surface area contributed by atoms with Crippen molar-refractivity contribution in [3.05, 3.63) is 35.9 Å². The van der Waals surface area contributed by atoms with E-state index in [4.69, 9.17) is 5.73 Å². The molecule has 1 aromatic carbocycles. The molecular formula is C16H20N4O4. The third kappa shape index (κ3) is 4.55. The van der Waals surface area contributed by atoms with Crippen LogP contribution in [-0.4, -0.2) is 48.2 Å². The Morgan fingerprint density at radius 2 is 1.83 bits per heavy atom. The molecule has 1 aliphatic heterocycles. The minimum atomic E-state index is -0.773. The van der Waals surface area contributed by atoms with Crippen molar-refractivity contribution in [1.82, 2.24) is 15.5 Å². The highest BCUT2D eigenvalue weighted by Gasteiger charge is 2.33. The molecule has 4 amide bonds. The Bertz CT molecular complexity index is 632. The summed E-state index contributed by atoms with van der Waals surface area (Å²) in [6.07, 6.45) is 1.12. The van der Waals surface area contributed by atoms with Crippen LogP contribution in [-0.2, 0) is 19.2 Å². The zero-order chi connectivity index (χ0) is 17.5. The maximum atomic E-state index is 12.5. The molecule has 1 aromatic rings. The monoisotopic (exact) mass is 332 g/mol. The van der Waals surface area contributed by atoms with Crippen LogP contribution in [0.25, 0.3) is 0 Å². The van der Waals surface area contributed by atoms with Gasteiger partial charge in [-0.15, -0.1) is 0 Å². The molecule has 4 N–H and O–H groups in total. The molecule has 1 unspecified atom stereocenters. The topological polar surface area (TPSA) is 122 Å². The van der Waals surface area contributed by atoms with Gasteiger partial charge in [-0.05, 0) is 12.0 Å².